The summed E-state index contributed by atoms with van der Waals surface area (Å²) in [7, 11) is 0. The summed E-state index contributed by atoms with van der Waals surface area (Å²) in [6.07, 6.45) is 1.13. The number of hydrogen-bond donors (Lipinski definition) is 1. The highest BCUT2D eigenvalue weighted by Gasteiger charge is 2.21. The number of carbonyl (C=O) groups excluding carboxylic acids is 1. The van der Waals surface area contributed by atoms with E-state index in [1.807, 2.05) is 60.8 Å². The molecule has 0 unspecified atom stereocenters. The zero-order valence-corrected chi connectivity index (χ0v) is 18.2. The van der Waals surface area contributed by atoms with Crippen molar-refractivity contribution in [2.75, 3.05) is 13.2 Å². The van der Waals surface area contributed by atoms with Crippen molar-refractivity contribution in [2.24, 2.45) is 0 Å². The Hall–Kier alpha value is -3.65. The number of carbonyl (C=O) groups is 1. The molecule has 32 heavy (non-hydrogen) atoms. The van der Waals surface area contributed by atoms with Crippen LogP contribution < -0.4 is 20.3 Å². The van der Waals surface area contributed by atoms with Crippen LogP contribution in [0.25, 0.3) is 21.3 Å². The molecule has 8 heteroatoms. The Kier molecular flexibility index (Phi) is 5.36. The zero-order chi connectivity index (χ0) is 22.1. The van der Waals surface area contributed by atoms with Crippen LogP contribution in [0, 0.1) is 6.92 Å². The molecule has 1 amide bonds. The average molecular weight is 448 g/mol. The third-order valence-electron chi connectivity index (χ3n) is 5.33. The summed E-state index contributed by atoms with van der Waals surface area (Å²) in [5.41, 5.74) is 2.71. The number of fused-ring (bicyclic) bond motifs is 2. The molecule has 162 valence electrons. The summed E-state index contributed by atoms with van der Waals surface area (Å²) >= 11 is 1.42. The number of nitrogens with zero attached hydrogens (tertiary/aromatic N) is 2. The lowest BCUT2D eigenvalue weighted by atomic mass is 10.1. The molecule has 0 saturated heterocycles. The largest absolute Gasteiger partial charge is 0.486 e. The van der Waals surface area contributed by atoms with Crippen LogP contribution in [0.5, 0.6) is 11.5 Å². The van der Waals surface area contributed by atoms with Crippen LogP contribution in [-0.4, -0.2) is 34.7 Å². The predicted molar refractivity (Wildman–Crippen MR) is 123 cm³/mol. The molecule has 0 radical (unpaired) electrons. The maximum Gasteiger partial charge on any atom is 0.263 e. The Morgan fingerprint density at radius 3 is 2.78 bits per heavy atom. The molecule has 1 N–H and O–H groups in total. The highest BCUT2D eigenvalue weighted by Crippen LogP contribution is 2.31. The fourth-order valence-corrected chi connectivity index (χ4v) is 4.53. The fourth-order valence-electron chi connectivity index (χ4n) is 3.63. The van der Waals surface area contributed by atoms with Gasteiger partial charge in [0.1, 0.15) is 24.1 Å². The summed E-state index contributed by atoms with van der Waals surface area (Å²) in [4.78, 5) is 30.7. The fraction of sp³-hybridized carbons (Fsp3) is 0.208. The molecule has 1 aliphatic rings. The summed E-state index contributed by atoms with van der Waals surface area (Å²) in [5, 5.41) is 5.30. The topological polar surface area (TPSA) is 82.5 Å². The smallest absolute Gasteiger partial charge is 0.263 e. The van der Waals surface area contributed by atoms with E-state index in [0.29, 0.717) is 28.3 Å². The highest BCUT2D eigenvalue weighted by molar-refractivity contribution is 7.17. The second-order valence-corrected chi connectivity index (χ2v) is 8.53. The van der Waals surface area contributed by atoms with Crippen molar-refractivity contribution in [3.05, 3.63) is 76.2 Å². The van der Waals surface area contributed by atoms with Gasteiger partial charge in [-0.15, -0.1) is 11.3 Å². The molecule has 7 nitrogen and oxygen atoms in total. The van der Waals surface area contributed by atoms with Crippen molar-refractivity contribution in [2.45, 2.75) is 19.6 Å². The number of amides is 1. The predicted octanol–water partition coefficient (Wildman–Crippen LogP) is 3.39. The van der Waals surface area contributed by atoms with Crippen molar-refractivity contribution < 1.29 is 14.3 Å². The molecule has 0 saturated carbocycles. The van der Waals surface area contributed by atoms with E-state index in [-0.39, 0.29) is 30.7 Å². The van der Waals surface area contributed by atoms with E-state index in [9.17, 15) is 9.59 Å². The first-order valence-corrected chi connectivity index (χ1v) is 11.2. The number of para-hydroxylation sites is 2. The lowest BCUT2D eigenvalue weighted by Gasteiger charge is -2.26. The van der Waals surface area contributed by atoms with Gasteiger partial charge in [0.15, 0.2) is 11.5 Å². The van der Waals surface area contributed by atoms with E-state index in [4.69, 9.17) is 9.47 Å². The SMILES string of the molecule is Cc1ccc(-c2csc3ncn(CC(=O)NC[C@@H]4COc5ccccc5O4)c(=O)c23)cc1. The first-order valence-electron chi connectivity index (χ1n) is 10.3. The van der Waals surface area contributed by atoms with E-state index < -0.39 is 0 Å². The van der Waals surface area contributed by atoms with Gasteiger partial charge in [0.05, 0.1) is 18.3 Å². The average Bonchev–Trinajstić information content (AvgIpc) is 3.25. The minimum atomic E-state index is -0.295. The second kappa shape index (κ2) is 8.47. The van der Waals surface area contributed by atoms with Crippen LogP contribution in [0.2, 0.25) is 0 Å². The Balaban J connectivity index is 1.29. The van der Waals surface area contributed by atoms with Gasteiger partial charge < -0.3 is 14.8 Å². The van der Waals surface area contributed by atoms with E-state index in [2.05, 4.69) is 10.3 Å². The van der Waals surface area contributed by atoms with Gasteiger partial charge in [-0.05, 0) is 24.6 Å². The molecule has 1 aliphatic heterocycles. The minimum Gasteiger partial charge on any atom is -0.486 e. The number of ether oxygens (including phenoxy) is 2. The number of hydrogen-bond acceptors (Lipinski definition) is 6. The lowest BCUT2D eigenvalue weighted by molar-refractivity contribution is -0.122. The molecular formula is C24H21N3O4S. The van der Waals surface area contributed by atoms with Crippen LogP contribution in [-0.2, 0) is 11.3 Å². The Labute approximate surface area is 188 Å². The Morgan fingerprint density at radius 2 is 1.97 bits per heavy atom. The summed E-state index contributed by atoms with van der Waals surface area (Å²) < 4.78 is 12.9. The third kappa shape index (κ3) is 3.97. The molecule has 0 bridgehead atoms. The summed E-state index contributed by atoms with van der Waals surface area (Å²) in [5.74, 6) is 1.06. The number of benzene rings is 2. The quantitative estimate of drug-likeness (QED) is 0.507. The van der Waals surface area contributed by atoms with Crippen LogP contribution >= 0.6 is 11.3 Å². The third-order valence-corrected chi connectivity index (χ3v) is 6.22. The molecule has 1 atom stereocenters. The minimum absolute atomic E-state index is 0.116. The maximum absolute atomic E-state index is 13.1. The molecular weight excluding hydrogens is 426 g/mol. The van der Waals surface area contributed by atoms with Gasteiger partial charge in [0.2, 0.25) is 5.91 Å². The van der Waals surface area contributed by atoms with Gasteiger partial charge in [-0.3, -0.25) is 14.2 Å². The van der Waals surface area contributed by atoms with Gasteiger partial charge in [-0.1, -0.05) is 42.0 Å². The van der Waals surface area contributed by atoms with E-state index in [1.165, 1.54) is 22.2 Å². The van der Waals surface area contributed by atoms with E-state index >= 15 is 0 Å². The lowest BCUT2D eigenvalue weighted by Crippen LogP contribution is -2.42. The van der Waals surface area contributed by atoms with Crippen molar-refractivity contribution in [3.63, 3.8) is 0 Å². The number of rotatable bonds is 5. The number of aryl methyl sites for hydroxylation is 1. The monoisotopic (exact) mass is 447 g/mol. The van der Waals surface area contributed by atoms with Crippen LogP contribution in [0.3, 0.4) is 0 Å². The number of thiophene rings is 1. The van der Waals surface area contributed by atoms with Crippen molar-refractivity contribution in [3.8, 4) is 22.6 Å². The van der Waals surface area contributed by atoms with E-state index in [1.54, 1.807) is 0 Å². The van der Waals surface area contributed by atoms with Gasteiger partial charge in [-0.2, -0.15) is 0 Å². The van der Waals surface area contributed by atoms with Crippen molar-refractivity contribution in [1.29, 1.82) is 0 Å². The van der Waals surface area contributed by atoms with Crippen LogP contribution in [0.15, 0.2) is 65.0 Å². The van der Waals surface area contributed by atoms with Crippen LogP contribution in [0.1, 0.15) is 5.56 Å². The molecule has 0 aliphatic carbocycles. The summed E-state index contributed by atoms with van der Waals surface area (Å²) in [6, 6.07) is 15.4. The van der Waals surface area contributed by atoms with Crippen molar-refractivity contribution in [1.82, 2.24) is 14.9 Å². The maximum atomic E-state index is 13.1. The molecule has 2 aromatic heterocycles. The molecule has 2 aromatic carbocycles. The standard InChI is InChI=1S/C24H21N3O4S/c1-15-6-8-16(9-7-15)18-13-32-23-22(18)24(29)27(14-26-23)11-21(28)25-10-17-12-30-19-4-2-3-5-20(19)31-17/h2-9,13-14,17H,10-12H2,1H3,(H,25,28)/t17-/m1/s1. The Morgan fingerprint density at radius 1 is 1.19 bits per heavy atom. The Bertz CT molecular complexity index is 1340. The number of aromatic nitrogens is 2. The van der Waals surface area contributed by atoms with Gasteiger partial charge in [0, 0.05) is 10.9 Å². The molecule has 0 spiro atoms. The second-order valence-electron chi connectivity index (χ2n) is 7.67. The van der Waals surface area contributed by atoms with Gasteiger partial charge in [0.25, 0.3) is 5.56 Å². The molecule has 3 heterocycles. The normalized spacial score (nSPS) is 15.0. The zero-order valence-electron chi connectivity index (χ0n) is 17.4. The summed E-state index contributed by atoms with van der Waals surface area (Å²) in [6.45, 7) is 2.53. The van der Waals surface area contributed by atoms with Crippen molar-refractivity contribution >= 4 is 27.5 Å². The van der Waals surface area contributed by atoms with Gasteiger partial charge in [-0.25, -0.2) is 4.98 Å². The van der Waals surface area contributed by atoms with Gasteiger partial charge >= 0.3 is 0 Å². The first kappa shape index (κ1) is 20.3. The molecule has 0 fully saturated rings. The highest BCUT2D eigenvalue weighted by atomic mass is 32.1. The first-order chi connectivity index (χ1) is 15.6. The number of nitrogens with one attached hydrogen (secondary N) is 1. The molecule has 4 aromatic rings. The van der Waals surface area contributed by atoms with Crippen LogP contribution in [0.4, 0.5) is 0 Å². The van der Waals surface area contributed by atoms with E-state index in [0.717, 1.165) is 16.7 Å². The molecule has 5 rings (SSSR count).